The molecule has 1 heterocycles. The first-order valence-electron chi connectivity index (χ1n) is 3.88. The van der Waals surface area contributed by atoms with Gasteiger partial charge >= 0.3 is 0 Å². The number of hydrogen-bond acceptors (Lipinski definition) is 3. The van der Waals surface area contributed by atoms with Crippen LogP contribution in [0.25, 0.3) is 0 Å². The molecule has 0 saturated carbocycles. The Balaban J connectivity index is 2.18. The standard InChI is InChI=1S/C7H15NO2/c1-2-10-7(9)8-5-3-4-6-8/h7,9H,2-6H2,1H3. The summed E-state index contributed by atoms with van der Waals surface area (Å²) in [6.07, 6.45) is 1.71. The van der Waals surface area contributed by atoms with Gasteiger partial charge in [0.05, 0.1) is 0 Å². The molecule has 0 amide bonds. The van der Waals surface area contributed by atoms with Gasteiger partial charge in [-0.15, -0.1) is 0 Å². The van der Waals surface area contributed by atoms with Crippen molar-refractivity contribution in [2.75, 3.05) is 19.7 Å². The topological polar surface area (TPSA) is 32.7 Å². The predicted octanol–water partition coefficient (Wildman–Crippen LogP) is 0.395. The Morgan fingerprint density at radius 1 is 1.50 bits per heavy atom. The Kier molecular flexibility index (Phi) is 3.12. The van der Waals surface area contributed by atoms with E-state index in [-0.39, 0.29) is 0 Å². The van der Waals surface area contributed by atoms with E-state index < -0.39 is 6.41 Å². The molecule has 0 spiro atoms. The van der Waals surface area contributed by atoms with E-state index in [1.165, 1.54) is 12.8 Å². The van der Waals surface area contributed by atoms with E-state index in [1.807, 2.05) is 11.8 Å². The van der Waals surface area contributed by atoms with Crippen LogP contribution >= 0.6 is 0 Å². The minimum absolute atomic E-state index is 0.581. The van der Waals surface area contributed by atoms with Crippen molar-refractivity contribution in [2.45, 2.75) is 26.2 Å². The summed E-state index contributed by atoms with van der Waals surface area (Å²) in [5.74, 6) is 0. The van der Waals surface area contributed by atoms with Crippen LogP contribution in [0.5, 0.6) is 0 Å². The van der Waals surface area contributed by atoms with Crippen molar-refractivity contribution >= 4 is 0 Å². The van der Waals surface area contributed by atoms with Gasteiger partial charge in [0.15, 0.2) is 0 Å². The quantitative estimate of drug-likeness (QED) is 0.583. The number of nitrogens with zero attached hydrogens (tertiary/aromatic N) is 1. The molecule has 1 aliphatic rings. The Labute approximate surface area is 61.6 Å². The van der Waals surface area contributed by atoms with Crippen LogP contribution in [0.3, 0.4) is 0 Å². The molecule has 0 aromatic rings. The van der Waals surface area contributed by atoms with Gasteiger partial charge in [-0.1, -0.05) is 0 Å². The van der Waals surface area contributed by atoms with Gasteiger partial charge in [-0.25, -0.2) is 0 Å². The summed E-state index contributed by atoms with van der Waals surface area (Å²) in [5, 5.41) is 9.25. The first-order valence-corrected chi connectivity index (χ1v) is 3.88. The molecule has 1 fully saturated rings. The lowest BCUT2D eigenvalue weighted by molar-refractivity contribution is -0.183. The van der Waals surface area contributed by atoms with Crippen LogP contribution < -0.4 is 0 Å². The Bertz CT molecular complexity index is 91.6. The number of hydrogen-bond donors (Lipinski definition) is 1. The number of rotatable bonds is 3. The normalized spacial score (nSPS) is 23.4. The molecule has 0 aromatic carbocycles. The predicted molar refractivity (Wildman–Crippen MR) is 38.4 cm³/mol. The highest BCUT2D eigenvalue weighted by atomic mass is 16.6. The van der Waals surface area contributed by atoms with Crippen LogP contribution in [0.1, 0.15) is 19.8 Å². The molecule has 3 heteroatoms. The molecule has 1 rings (SSSR count). The van der Waals surface area contributed by atoms with Crippen LogP contribution in [-0.4, -0.2) is 36.1 Å². The van der Waals surface area contributed by atoms with Crippen LogP contribution in [0, 0.1) is 0 Å². The monoisotopic (exact) mass is 145 g/mol. The van der Waals surface area contributed by atoms with Crippen molar-refractivity contribution in [1.82, 2.24) is 4.90 Å². The van der Waals surface area contributed by atoms with E-state index in [1.54, 1.807) is 0 Å². The second kappa shape index (κ2) is 3.91. The van der Waals surface area contributed by atoms with Gasteiger partial charge in [0.25, 0.3) is 0 Å². The third-order valence-electron chi connectivity index (χ3n) is 1.77. The SMILES string of the molecule is CCOC(O)N1CCCC1. The minimum Gasteiger partial charge on any atom is -0.356 e. The summed E-state index contributed by atoms with van der Waals surface area (Å²) in [4.78, 5) is 1.95. The summed E-state index contributed by atoms with van der Waals surface area (Å²) in [6.45, 7) is 4.42. The lowest BCUT2D eigenvalue weighted by Gasteiger charge is -2.21. The Hall–Kier alpha value is -0.120. The summed E-state index contributed by atoms with van der Waals surface area (Å²) in [7, 11) is 0. The summed E-state index contributed by atoms with van der Waals surface area (Å²) < 4.78 is 5.01. The minimum atomic E-state index is -0.660. The maximum atomic E-state index is 9.25. The van der Waals surface area contributed by atoms with Crippen molar-refractivity contribution in [1.29, 1.82) is 0 Å². The molecular formula is C7H15NO2. The fourth-order valence-corrected chi connectivity index (χ4v) is 1.22. The molecule has 0 radical (unpaired) electrons. The van der Waals surface area contributed by atoms with Gasteiger partial charge in [0.2, 0.25) is 6.41 Å². The largest absolute Gasteiger partial charge is 0.356 e. The number of likely N-dealkylation sites (tertiary alicyclic amines) is 1. The van der Waals surface area contributed by atoms with Crippen molar-refractivity contribution in [3.8, 4) is 0 Å². The van der Waals surface area contributed by atoms with Gasteiger partial charge in [-0.3, -0.25) is 4.90 Å². The third-order valence-corrected chi connectivity index (χ3v) is 1.77. The van der Waals surface area contributed by atoms with Crippen molar-refractivity contribution in [2.24, 2.45) is 0 Å². The highest BCUT2D eigenvalue weighted by molar-refractivity contribution is 4.64. The smallest absolute Gasteiger partial charge is 0.216 e. The number of aliphatic hydroxyl groups is 1. The Morgan fingerprint density at radius 3 is 2.60 bits per heavy atom. The molecule has 1 atom stereocenters. The molecule has 1 saturated heterocycles. The van der Waals surface area contributed by atoms with E-state index >= 15 is 0 Å². The average Bonchev–Trinajstić information content (AvgIpc) is 2.38. The van der Waals surface area contributed by atoms with Crippen LogP contribution in [0.2, 0.25) is 0 Å². The summed E-state index contributed by atoms with van der Waals surface area (Å²) in [6, 6.07) is 0. The molecular weight excluding hydrogens is 130 g/mol. The van der Waals surface area contributed by atoms with E-state index in [0.717, 1.165) is 13.1 Å². The fourth-order valence-electron chi connectivity index (χ4n) is 1.22. The fraction of sp³-hybridized carbons (Fsp3) is 1.00. The highest BCUT2D eigenvalue weighted by Gasteiger charge is 2.18. The lowest BCUT2D eigenvalue weighted by Crippen LogP contribution is -2.34. The molecule has 0 aliphatic carbocycles. The van der Waals surface area contributed by atoms with E-state index in [0.29, 0.717) is 6.61 Å². The maximum Gasteiger partial charge on any atom is 0.216 e. The van der Waals surface area contributed by atoms with Gasteiger partial charge in [-0.05, 0) is 19.8 Å². The van der Waals surface area contributed by atoms with Crippen LogP contribution in [-0.2, 0) is 4.74 Å². The van der Waals surface area contributed by atoms with Crippen LogP contribution in [0.15, 0.2) is 0 Å². The van der Waals surface area contributed by atoms with Crippen molar-refractivity contribution in [3.05, 3.63) is 0 Å². The summed E-state index contributed by atoms with van der Waals surface area (Å²) in [5.41, 5.74) is 0. The second-order valence-corrected chi connectivity index (χ2v) is 2.52. The lowest BCUT2D eigenvalue weighted by atomic mass is 10.4. The molecule has 60 valence electrons. The number of aliphatic hydroxyl groups excluding tert-OH is 1. The first kappa shape index (κ1) is 7.98. The summed E-state index contributed by atoms with van der Waals surface area (Å²) >= 11 is 0. The van der Waals surface area contributed by atoms with Crippen molar-refractivity contribution < 1.29 is 9.84 Å². The third kappa shape index (κ3) is 1.94. The molecule has 0 aromatic heterocycles. The maximum absolute atomic E-state index is 9.25. The molecule has 10 heavy (non-hydrogen) atoms. The number of ether oxygens (including phenoxy) is 1. The average molecular weight is 145 g/mol. The Morgan fingerprint density at radius 2 is 2.10 bits per heavy atom. The molecule has 1 aliphatic heterocycles. The van der Waals surface area contributed by atoms with E-state index in [2.05, 4.69) is 0 Å². The zero-order chi connectivity index (χ0) is 7.40. The first-order chi connectivity index (χ1) is 4.84. The second-order valence-electron chi connectivity index (χ2n) is 2.52. The van der Waals surface area contributed by atoms with Gasteiger partial charge in [0.1, 0.15) is 0 Å². The molecule has 1 N–H and O–H groups in total. The van der Waals surface area contributed by atoms with Crippen molar-refractivity contribution in [3.63, 3.8) is 0 Å². The van der Waals surface area contributed by atoms with Crippen LogP contribution in [0.4, 0.5) is 0 Å². The van der Waals surface area contributed by atoms with Gasteiger partial charge in [0, 0.05) is 19.7 Å². The van der Waals surface area contributed by atoms with Gasteiger partial charge in [-0.2, -0.15) is 0 Å². The van der Waals surface area contributed by atoms with E-state index in [4.69, 9.17) is 4.74 Å². The molecule has 1 unspecified atom stereocenters. The molecule has 0 bridgehead atoms. The van der Waals surface area contributed by atoms with E-state index in [9.17, 15) is 5.11 Å². The zero-order valence-electron chi connectivity index (χ0n) is 6.42. The van der Waals surface area contributed by atoms with Gasteiger partial charge < -0.3 is 9.84 Å². The highest BCUT2D eigenvalue weighted by Crippen LogP contribution is 2.10. The zero-order valence-corrected chi connectivity index (χ0v) is 6.42. The molecule has 3 nitrogen and oxygen atoms in total.